The summed E-state index contributed by atoms with van der Waals surface area (Å²) in [4.78, 5) is 22.2. The number of hydrogen-bond acceptors (Lipinski definition) is 5. The van der Waals surface area contributed by atoms with Crippen molar-refractivity contribution < 1.29 is 19.1 Å². The van der Waals surface area contributed by atoms with Crippen LogP contribution in [0.15, 0.2) is 0 Å². The summed E-state index contributed by atoms with van der Waals surface area (Å²) >= 11 is 1.60. The number of Topliss-reactive ketones (excluding diaryl/α,β-unsaturated/α-hetero) is 1. The highest BCUT2D eigenvalue weighted by Crippen LogP contribution is 2.22. The molecule has 0 N–H and O–H groups in total. The van der Waals surface area contributed by atoms with Crippen LogP contribution in [0.4, 0.5) is 0 Å². The molecule has 0 saturated heterocycles. The van der Waals surface area contributed by atoms with Gasteiger partial charge in [0.05, 0.1) is 12.4 Å². The van der Waals surface area contributed by atoms with Gasteiger partial charge in [0, 0.05) is 6.42 Å². The van der Waals surface area contributed by atoms with Gasteiger partial charge >= 0.3 is 5.97 Å². The second-order valence-electron chi connectivity index (χ2n) is 4.30. The molecule has 0 aliphatic rings. The summed E-state index contributed by atoms with van der Waals surface area (Å²) in [6.45, 7) is 5.77. The molecule has 0 heterocycles. The van der Waals surface area contributed by atoms with E-state index in [4.69, 9.17) is 9.47 Å². The van der Waals surface area contributed by atoms with E-state index in [2.05, 4.69) is 0 Å². The predicted molar refractivity (Wildman–Crippen MR) is 73.7 cm³/mol. The summed E-state index contributed by atoms with van der Waals surface area (Å²) in [5.74, 6) is 0.263. The highest BCUT2D eigenvalue weighted by molar-refractivity contribution is 7.98. The van der Waals surface area contributed by atoms with E-state index in [1.165, 1.54) is 6.92 Å². The first-order chi connectivity index (χ1) is 8.49. The zero-order chi connectivity index (χ0) is 14.0. The first-order valence-electron chi connectivity index (χ1n) is 6.27. The quantitative estimate of drug-likeness (QED) is 0.453. The van der Waals surface area contributed by atoms with Gasteiger partial charge < -0.3 is 14.3 Å². The molecule has 0 atom stereocenters. The molecule has 0 rings (SSSR count). The SMILES string of the molecule is CCC(CC)(COC(=O)CCC(C)=O)OCSC. The van der Waals surface area contributed by atoms with Gasteiger partial charge in [-0.25, -0.2) is 0 Å². The molecule has 0 radical (unpaired) electrons. The average molecular weight is 276 g/mol. The van der Waals surface area contributed by atoms with Crippen LogP contribution in [-0.2, 0) is 19.1 Å². The lowest BCUT2D eigenvalue weighted by atomic mass is 9.98. The third-order valence-electron chi connectivity index (χ3n) is 2.95. The van der Waals surface area contributed by atoms with E-state index in [0.717, 1.165) is 12.8 Å². The Labute approximate surface area is 114 Å². The number of hydrogen-bond donors (Lipinski definition) is 0. The van der Waals surface area contributed by atoms with E-state index in [9.17, 15) is 9.59 Å². The molecule has 0 fully saturated rings. The lowest BCUT2D eigenvalue weighted by molar-refractivity contribution is -0.155. The number of thioether (sulfide) groups is 1. The van der Waals surface area contributed by atoms with E-state index in [-0.39, 0.29) is 31.2 Å². The minimum atomic E-state index is -0.394. The fourth-order valence-electron chi connectivity index (χ4n) is 1.45. The third-order valence-corrected chi connectivity index (χ3v) is 3.30. The molecule has 0 aliphatic heterocycles. The maximum Gasteiger partial charge on any atom is 0.306 e. The van der Waals surface area contributed by atoms with Gasteiger partial charge in [0.25, 0.3) is 0 Å². The zero-order valence-corrected chi connectivity index (χ0v) is 12.6. The van der Waals surface area contributed by atoms with Crippen LogP contribution in [0.1, 0.15) is 46.5 Å². The van der Waals surface area contributed by atoms with Crippen molar-refractivity contribution in [3.63, 3.8) is 0 Å². The Bertz CT molecular complexity index is 262. The second-order valence-corrected chi connectivity index (χ2v) is 5.12. The molecule has 0 aromatic heterocycles. The monoisotopic (exact) mass is 276 g/mol. The van der Waals surface area contributed by atoms with Gasteiger partial charge in [0.15, 0.2) is 0 Å². The van der Waals surface area contributed by atoms with Crippen LogP contribution in [0.25, 0.3) is 0 Å². The largest absolute Gasteiger partial charge is 0.463 e. The Kier molecular flexibility index (Phi) is 9.10. The standard InChI is InChI=1S/C13H24O4S/c1-5-13(6-2,17-10-18-4)9-16-12(15)8-7-11(3)14/h5-10H2,1-4H3. The number of rotatable bonds is 10. The average Bonchev–Trinajstić information content (AvgIpc) is 2.37. The van der Waals surface area contributed by atoms with Crippen molar-refractivity contribution in [2.45, 2.75) is 52.1 Å². The van der Waals surface area contributed by atoms with E-state index in [1.807, 2.05) is 20.1 Å². The molecule has 0 aromatic carbocycles. The van der Waals surface area contributed by atoms with Crippen LogP contribution in [-0.4, -0.2) is 36.2 Å². The number of carbonyl (C=O) groups excluding carboxylic acids is 2. The molecule has 106 valence electrons. The van der Waals surface area contributed by atoms with Crippen molar-refractivity contribution in [1.29, 1.82) is 0 Å². The molecule has 0 unspecified atom stereocenters. The minimum absolute atomic E-state index is 0.00262. The summed E-state index contributed by atoms with van der Waals surface area (Å²) in [7, 11) is 0. The molecule has 0 bridgehead atoms. The first-order valence-corrected chi connectivity index (χ1v) is 7.67. The van der Waals surface area contributed by atoms with E-state index in [1.54, 1.807) is 11.8 Å². The van der Waals surface area contributed by atoms with Crippen LogP contribution in [0.5, 0.6) is 0 Å². The third kappa shape index (κ3) is 7.01. The Morgan fingerprint density at radius 1 is 1.17 bits per heavy atom. The van der Waals surface area contributed by atoms with Crippen molar-refractivity contribution in [2.75, 3.05) is 18.8 Å². The van der Waals surface area contributed by atoms with Gasteiger partial charge in [-0.2, -0.15) is 0 Å². The maximum atomic E-state index is 11.5. The molecule has 0 aliphatic carbocycles. The Hall–Kier alpha value is -0.550. The van der Waals surface area contributed by atoms with Gasteiger partial charge in [-0.1, -0.05) is 13.8 Å². The fourth-order valence-corrected chi connectivity index (χ4v) is 1.81. The van der Waals surface area contributed by atoms with E-state index >= 15 is 0 Å². The molecule has 0 amide bonds. The van der Waals surface area contributed by atoms with Gasteiger partial charge in [0.2, 0.25) is 0 Å². The zero-order valence-electron chi connectivity index (χ0n) is 11.8. The van der Waals surface area contributed by atoms with Crippen LogP contribution < -0.4 is 0 Å². The summed E-state index contributed by atoms with van der Waals surface area (Å²) < 4.78 is 11.0. The molecule has 0 spiro atoms. The molecule has 0 aromatic rings. The van der Waals surface area contributed by atoms with Gasteiger partial charge in [-0.05, 0) is 26.0 Å². The van der Waals surface area contributed by atoms with Crippen LogP contribution >= 0.6 is 11.8 Å². The summed E-state index contributed by atoms with van der Waals surface area (Å²) in [5.41, 5.74) is -0.394. The highest BCUT2D eigenvalue weighted by Gasteiger charge is 2.28. The molecular formula is C13H24O4S. The molecule has 0 saturated carbocycles. The fraction of sp³-hybridized carbons (Fsp3) is 0.846. The van der Waals surface area contributed by atoms with Crippen molar-refractivity contribution in [3.05, 3.63) is 0 Å². The topological polar surface area (TPSA) is 52.6 Å². The number of esters is 1. The van der Waals surface area contributed by atoms with Crippen molar-refractivity contribution in [1.82, 2.24) is 0 Å². The summed E-state index contributed by atoms with van der Waals surface area (Å²) in [6, 6.07) is 0. The van der Waals surface area contributed by atoms with Gasteiger partial charge in [0.1, 0.15) is 18.0 Å². The van der Waals surface area contributed by atoms with Gasteiger partial charge in [-0.3, -0.25) is 4.79 Å². The van der Waals surface area contributed by atoms with Crippen LogP contribution in [0, 0.1) is 0 Å². The number of ether oxygens (including phenoxy) is 2. The van der Waals surface area contributed by atoms with Crippen molar-refractivity contribution >= 4 is 23.5 Å². The predicted octanol–water partition coefficient (Wildman–Crippen LogP) is 2.79. The van der Waals surface area contributed by atoms with E-state index < -0.39 is 5.60 Å². The second kappa shape index (κ2) is 9.39. The van der Waals surface area contributed by atoms with Crippen LogP contribution in [0.3, 0.4) is 0 Å². The number of ketones is 1. The summed E-state index contributed by atoms with van der Waals surface area (Å²) in [5, 5.41) is 0. The van der Waals surface area contributed by atoms with Gasteiger partial charge in [-0.15, -0.1) is 11.8 Å². The normalized spacial score (nSPS) is 11.3. The molecule has 18 heavy (non-hydrogen) atoms. The highest BCUT2D eigenvalue weighted by atomic mass is 32.2. The van der Waals surface area contributed by atoms with Crippen LogP contribution in [0.2, 0.25) is 0 Å². The number of carbonyl (C=O) groups is 2. The Morgan fingerprint density at radius 3 is 2.22 bits per heavy atom. The smallest absolute Gasteiger partial charge is 0.306 e. The Morgan fingerprint density at radius 2 is 1.78 bits per heavy atom. The summed E-state index contributed by atoms with van der Waals surface area (Å²) in [6.07, 6.45) is 3.96. The van der Waals surface area contributed by atoms with Crippen molar-refractivity contribution in [3.8, 4) is 0 Å². The lowest BCUT2D eigenvalue weighted by Crippen LogP contribution is -2.37. The lowest BCUT2D eigenvalue weighted by Gasteiger charge is -2.31. The maximum absolute atomic E-state index is 11.5. The van der Waals surface area contributed by atoms with Crippen molar-refractivity contribution in [2.24, 2.45) is 0 Å². The minimum Gasteiger partial charge on any atom is -0.463 e. The first kappa shape index (κ1) is 17.4. The molecular weight excluding hydrogens is 252 g/mol. The molecule has 4 nitrogen and oxygen atoms in total. The van der Waals surface area contributed by atoms with E-state index in [0.29, 0.717) is 5.94 Å². The Balaban J connectivity index is 4.16. The molecule has 5 heteroatoms.